The van der Waals surface area contributed by atoms with Gasteiger partial charge in [-0.2, -0.15) is 0 Å². The van der Waals surface area contributed by atoms with Crippen molar-refractivity contribution in [2.45, 2.75) is 33.6 Å². The van der Waals surface area contributed by atoms with Crippen LogP contribution in [0.1, 0.15) is 44.0 Å². The number of nitrogens with one attached hydrogen (secondary N) is 1. The van der Waals surface area contributed by atoms with Gasteiger partial charge in [-0.15, -0.1) is 0 Å². The van der Waals surface area contributed by atoms with Gasteiger partial charge in [0.2, 0.25) is 0 Å². The number of carboxylic acids is 1. The molecule has 0 atom stereocenters. The lowest BCUT2D eigenvalue weighted by molar-refractivity contribution is 0.0698. The summed E-state index contributed by atoms with van der Waals surface area (Å²) in [6.45, 7) is 8.97. The highest BCUT2D eigenvalue weighted by Crippen LogP contribution is 2.36. The van der Waals surface area contributed by atoms with Gasteiger partial charge in [0.05, 0.1) is 11.3 Å². The lowest BCUT2D eigenvalue weighted by Crippen LogP contribution is -2.35. The van der Waals surface area contributed by atoms with Gasteiger partial charge in [0.25, 0.3) is 0 Å². The highest BCUT2D eigenvalue weighted by atomic mass is 32.2. The largest absolute Gasteiger partial charge is 0.478 e. The molecule has 144 valence electrons. The van der Waals surface area contributed by atoms with E-state index in [0.29, 0.717) is 16.7 Å². The average molecular weight is 385 g/mol. The first kappa shape index (κ1) is 19.8. The quantitative estimate of drug-likeness (QED) is 0.640. The molecule has 5 heteroatoms. The minimum atomic E-state index is -0.913. The van der Waals surface area contributed by atoms with E-state index in [1.807, 2.05) is 42.5 Å². The van der Waals surface area contributed by atoms with Crippen molar-refractivity contribution in [1.29, 1.82) is 0 Å². The minimum absolute atomic E-state index is 0.298. The van der Waals surface area contributed by atoms with E-state index in [2.05, 4.69) is 29.8 Å². The molecule has 2 aromatic carbocycles. The summed E-state index contributed by atoms with van der Waals surface area (Å²) < 4.78 is 5.58. The molecular weight excluding hydrogens is 356 g/mol. The Labute approximate surface area is 166 Å². The first-order chi connectivity index (χ1) is 12.8. The van der Waals surface area contributed by atoms with Crippen LogP contribution in [0.5, 0.6) is 0 Å². The van der Waals surface area contributed by atoms with Crippen LogP contribution < -0.4 is 4.72 Å². The maximum Gasteiger partial charge on any atom is 0.337 e. The van der Waals surface area contributed by atoms with Crippen molar-refractivity contribution in [2.24, 2.45) is 11.3 Å². The zero-order valence-electron chi connectivity index (χ0n) is 16.2. The molecule has 1 aliphatic heterocycles. The van der Waals surface area contributed by atoms with Crippen LogP contribution in [0.15, 0.2) is 48.5 Å². The van der Waals surface area contributed by atoms with E-state index in [1.165, 1.54) is 25.0 Å². The molecule has 2 N–H and O–H groups in total. The summed E-state index contributed by atoms with van der Waals surface area (Å²) >= 11 is 1.52. The van der Waals surface area contributed by atoms with E-state index >= 15 is 0 Å². The van der Waals surface area contributed by atoms with Crippen molar-refractivity contribution < 1.29 is 9.90 Å². The van der Waals surface area contributed by atoms with Gasteiger partial charge in [-0.1, -0.05) is 57.2 Å². The molecule has 0 spiro atoms. The van der Waals surface area contributed by atoms with Crippen molar-refractivity contribution in [3.8, 4) is 11.1 Å². The number of hydrogen-bond acceptors (Lipinski definition) is 4. The molecule has 3 rings (SSSR count). The molecular formula is C22H28N2O2S. The maximum atomic E-state index is 11.6. The Hall–Kier alpha value is -1.98. The van der Waals surface area contributed by atoms with Gasteiger partial charge < -0.3 is 9.83 Å². The van der Waals surface area contributed by atoms with Crippen molar-refractivity contribution >= 4 is 23.8 Å². The van der Waals surface area contributed by atoms with E-state index in [1.54, 1.807) is 6.07 Å². The van der Waals surface area contributed by atoms with Crippen LogP contribution in [0.3, 0.4) is 0 Å². The van der Waals surface area contributed by atoms with E-state index in [9.17, 15) is 9.90 Å². The number of rotatable bonds is 5. The summed E-state index contributed by atoms with van der Waals surface area (Å²) in [5.74, 6) is -0.172. The number of carboxylic acid groups (broad SMARTS) is 1. The van der Waals surface area contributed by atoms with Crippen molar-refractivity contribution in [1.82, 2.24) is 4.31 Å². The van der Waals surface area contributed by atoms with Crippen molar-refractivity contribution in [2.75, 3.05) is 17.8 Å². The molecule has 4 nitrogen and oxygen atoms in total. The van der Waals surface area contributed by atoms with Gasteiger partial charge >= 0.3 is 5.97 Å². The molecule has 0 amide bonds. The summed E-state index contributed by atoms with van der Waals surface area (Å²) in [5.41, 5.74) is 3.38. The van der Waals surface area contributed by atoms with Gasteiger partial charge in [-0.25, -0.2) is 9.10 Å². The Morgan fingerprint density at radius 3 is 2.33 bits per heavy atom. The number of benzene rings is 2. The molecule has 2 aromatic rings. The fourth-order valence-electron chi connectivity index (χ4n) is 3.55. The Morgan fingerprint density at radius 2 is 1.74 bits per heavy atom. The topological polar surface area (TPSA) is 52.6 Å². The van der Waals surface area contributed by atoms with Gasteiger partial charge in [0.1, 0.15) is 0 Å². The van der Waals surface area contributed by atoms with Gasteiger partial charge in [0.15, 0.2) is 0 Å². The molecule has 0 aliphatic carbocycles. The van der Waals surface area contributed by atoms with Gasteiger partial charge in [-0.3, -0.25) is 0 Å². The normalized spacial score (nSPS) is 16.3. The summed E-state index contributed by atoms with van der Waals surface area (Å²) in [5, 5.41) is 9.53. The first-order valence-electron chi connectivity index (χ1n) is 9.45. The van der Waals surface area contributed by atoms with Crippen molar-refractivity contribution in [3.05, 3.63) is 54.1 Å². The standard InChI is InChI=1S/C22H28N2O2S/c1-22(2,3)18-11-13-24(14-12-18)27-23-20-15-17(9-10-19(20)21(25)26)16-7-5-4-6-8-16/h4-10,15,18,23H,11-14H2,1-3H3,(H,25,26). The second kappa shape index (κ2) is 8.36. The van der Waals surface area contributed by atoms with E-state index in [4.69, 9.17) is 0 Å². The van der Waals surface area contributed by atoms with Crippen LogP contribution in [-0.2, 0) is 0 Å². The molecule has 27 heavy (non-hydrogen) atoms. The fourth-order valence-corrected chi connectivity index (χ4v) is 4.34. The Kier molecular flexibility index (Phi) is 6.12. The Bertz CT molecular complexity index is 779. The second-order valence-electron chi connectivity index (χ2n) is 8.19. The predicted octanol–water partition coefficient (Wildman–Crippen LogP) is 5.79. The minimum Gasteiger partial charge on any atom is -0.478 e. The van der Waals surface area contributed by atoms with E-state index in [-0.39, 0.29) is 0 Å². The van der Waals surface area contributed by atoms with Crippen LogP contribution in [0.25, 0.3) is 11.1 Å². The van der Waals surface area contributed by atoms with Crippen molar-refractivity contribution in [3.63, 3.8) is 0 Å². The highest BCUT2D eigenvalue weighted by Gasteiger charge is 2.29. The van der Waals surface area contributed by atoms with E-state index in [0.717, 1.165) is 30.1 Å². The SMILES string of the molecule is CC(C)(C)C1CCN(SNc2cc(-c3ccccc3)ccc2C(=O)O)CC1. The predicted molar refractivity (Wildman–Crippen MR) is 114 cm³/mol. The smallest absolute Gasteiger partial charge is 0.337 e. The lowest BCUT2D eigenvalue weighted by atomic mass is 9.76. The third kappa shape index (κ3) is 5.05. The Balaban J connectivity index is 1.69. The fraction of sp³-hybridized carbons (Fsp3) is 0.409. The number of piperidine rings is 1. The number of hydrogen-bond donors (Lipinski definition) is 2. The van der Waals surface area contributed by atoms with E-state index < -0.39 is 5.97 Å². The van der Waals surface area contributed by atoms with Crippen LogP contribution in [0.2, 0.25) is 0 Å². The van der Waals surface area contributed by atoms with Crippen LogP contribution in [-0.4, -0.2) is 28.5 Å². The number of aromatic carboxylic acids is 1. The second-order valence-corrected chi connectivity index (χ2v) is 9.10. The highest BCUT2D eigenvalue weighted by molar-refractivity contribution is 7.98. The maximum absolute atomic E-state index is 11.6. The van der Waals surface area contributed by atoms with Crippen LogP contribution in [0, 0.1) is 11.3 Å². The number of nitrogens with zero attached hydrogens (tertiary/aromatic N) is 1. The number of anilines is 1. The molecule has 1 heterocycles. The van der Waals surface area contributed by atoms with Gasteiger partial charge in [-0.05, 0) is 47.4 Å². The zero-order valence-corrected chi connectivity index (χ0v) is 17.1. The lowest BCUT2D eigenvalue weighted by Gasteiger charge is -2.38. The molecule has 0 aromatic heterocycles. The van der Waals surface area contributed by atoms with Crippen LogP contribution in [0.4, 0.5) is 5.69 Å². The summed E-state index contributed by atoms with van der Waals surface area (Å²) in [7, 11) is 0. The average Bonchev–Trinajstić information content (AvgIpc) is 2.66. The summed E-state index contributed by atoms with van der Waals surface area (Å²) in [6.07, 6.45) is 2.35. The van der Waals surface area contributed by atoms with Gasteiger partial charge in [0, 0.05) is 25.2 Å². The zero-order chi connectivity index (χ0) is 19.4. The van der Waals surface area contributed by atoms with Crippen LogP contribution >= 0.6 is 12.1 Å². The monoisotopic (exact) mass is 384 g/mol. The molecule has 0 radical (unpaired) electrons. The first-order valence-corrected chi connectivity index (χ1v) is 10.2. The Morgan fingerprint density at radius 1 is 1.07 bits per heavy atom. The summed E-state index contributed by atoms with van der Waals surface area (Å²) in [6, 6.07) is 15.5. The molecule has 1 saturated heterocycles. The molecule has 0 saturated carbocycles. The molecule has 1 fully saturated rings. The molecule has 1 aliphatic rings. The third-order valence-corrected chi connectivity index (χ3v) is 6.26. The summed E-state index contributed by atoms with van der Waals surface area (Å²) in [4.78, 5) is 11.6. The number of carbonyl (C=O) groups is 1. The third-order valence-electron chi connectivity index (χ3n) is 5.32. The molecule has 0 bridgehead atoms. The molecule has 0 unspecified atom stereocenters.